The molecule has 1 saturated heterocycles. The summed E-state index contributed by atoms with van der Waals surface area (Å²) in [5.41, 5.74) is 2.07. The van der Waals surface area contributed by atoms with Crippen molar-refractivity contribution >= 4 is 93.4 Å². The molecule has 2 atom stereocenters. The van der Waals surface area contributed by atoms with Crippen LogP contribution in [0.15, 0.2) is 78.9 Å². The fraction of sp³-hybridized carbons (Fsp3) is 0.411. The lowest BCUT2D eigenvalue weighted by molar-refractivity contribution is -0.141. The summed E-state index contributed by atoms with van der Waals surface area (Å²) in [6.07, 6.45) is -0.00483. The molecule has 0 spiro atoms. The molecule has 1 aliphatic heterocycles. The minimum absolute atomic E-state index is 0.0208. The third-order valence-electron chi connectivity index (χ3n) is 13.0. The van der Waals surface area contributed by atoms with Crippen LogP contribution < -0.4 is 20.7 Å². The number of carbonyl (C=O) groups is 8. The van der Waals surface area contributed by atoms with Gasteiger partial charge in [0.2, 0.25) is 0 Å². The molecule has 0 radical (unpaired) electrons. The molecule has 0 bridgehead atoms. The minimum atomic E-state index is -1.55. The number of phenols is 2. The molecule has 9 N–H and O–H groups in total. The molecule has 0 aliphatic carbocycles. The predicted molar refractivity (Wildman–Crippen MR) is 307 cm³/mol. The van der Waals surface area contributed by atoms with Gasteiger partial charge in [-0.05, 0) is 98.1 Å². The van der Waals surface area contributed by atoms with Crippen molar-refractivity contribution < 1.29 is 78.5 Å². The van der Waals surface area contributed by atoms with Crippen LogP contribution in [0.4, 0.5) is 5.69 Å². The number of hydrogen-bond acceptors (Lipinski definition) is 17. The van der Waals surface area contributed by atoms with Crippen molar-refractivity contribution in [1.82, 2.24) is 30.2 Å². The van der Waals surface area contributed by atoms with Gasteiger partial charge < -0.3 is 56.1 Å². The third kappa shape index (κ3) is 22.9. The number of ketones is 3. The lowest BCUT2D eigenvalue weighted by atomic mass is 10.0. The Morgan fingerprint density at radius 3 is 1.91 bits per heavy atom. The number of carboxylic acids is 4. The molecule has 442 valence electrons. The molecule has 82 heavy (non-hydrogen) atoms. The number of nitrogens with one attached hydrogen (secondary N) is 3. The fourth-order valence-electron chi connectivity index (χ4n) is 9.01. The van der Waals surface area contributed by atoms with Crippen molar-refractivity contribution in [3.05, 3.63) is 117 Å². The number of aromatic hydroxyl groups is 2. The molecule has 23 nitrogen and oxygen atoms in total. The van der Waals surface area contributed by atoms with E-state index in [0.29, 0.717) is 44.7 Å². The molecule has 1 fully saturated rings. The number of hydrogen-bond donors (Lipinski definition) is 9. The van der Waals surface area contributed by atoms with Crippen LogP contribution in [0.5, 0.6) is 17.2 Å². The van der Waals surface area contributed by atoms with E-state index >= 15 is 0 Å². The van der Waals surface area contributed by atoms with Crippen LogP contribution in [0.3, 0.4) is 0 Å². The van der Waals surface area contributed by atoms with E-state index in [1.165, 1.54) is 49.4 Å². The summed E-state index contributed by atoms with van der Waals surface area (Å²) in [6, 6.07) is 18.0. The van der Waals surface area contributed by atoms with E-state index < -0.39 is 47.7 Å². The van der Waals surface area contributed by atoms with E-state index in [4.69, 9.17) is 44.9 Å². The highest BCUT2D eigenvalue weighted by molar-refractivity contribution is 7.80. The van der Waals surface area contributed by atoms with Gasteiger partial charge in [0.25, 0.3) is 5.91 Å². The summed E-state index contributed by atoms with van der Waals surface area (Å²) in [5, 5.41) is 67.7. The second kappa shape index (κ2) is 33.0. The van der Waals surface area contributed by atoms with Gasteiger partial charge in [0, 0.05) is 94.1 Å². The van der Waals surface area contributed by atoms with Crippen LogP contribution in [0, 0.1) is 0 Å². The second-order valence-electron chi connectivity index (χ2n) is 19.5. The number of amides is 1. The Morgan fingerprint density at radius 1 is 0.671 bits per heavy atom. The number of rotatable bonds is 29. The normalized spacial score (nSPS) is 15.2. The minimum Gasteiger partial charge on any atom is -0.508 e. The Labute approximate surface area is 488 Å². The lowest BCUT2D eigenvalue weighted by Gasteiger charge is -2.37. The summed E-state index contributed by atoms with van der Waals surface area (Å²) in [5.74, 6) is -6.66. The molecule has 1 aliphatic rings. The van der Waals surface area contributed by atoms with Gasteiger partial charge in [0.1, 0.15) is 35.7 Å². The smallest absolute Gasteiger partial charge is 0.326 e. The van der Waals surface area contributed by atoms with E-state index in [1.54, 1.807) is 39.0 Å². The number of benzene rings is 4. The van der Waals surface area contributed by atoms with Gasteiger partial charge in [-0.1, -0.05) is 47.5 Å². The largest absolute Gasteiger partial charge is 0.508 e. The maximum atomic E-state index is 13.3. The number of halogens is 2. The Morgan fingerprint density at radius 2 is 1.28 bits per heavy atom. The summed E-state index contributed by atoms with van der Waals surface area (Å²) in [7, 11) is 0. The van der Waals surface area contributed by atoms with Gasteiger partial charge >= 0.3 is 23.9 Å². The molecule has 4 aromatic carbocycles. The summed E-state index contributed by atoms with van der Waals surface area (Å²) >= 11 is 18.2. The first-order valence-corrected chi connectivity index (χ1v) is 27.3. The van der Waals surface area contributed by atoms with Gasteiger partial charge in [0.05, 0.1) is 55.0 Å². The van der Waals surface area contributed by atoms with Gasteiger partial charge in [-0.25, -0.2) is 4.79 Å². The van der Waals surface area contributed by atoms with E-state index in [9.17, 15) is 69.0 Å². The second-order valence-corrected chi connectivity index (χ2v) is 20.7. The molecule has 0 aromatic heterocycles. The van der Waals surface area contributed by atoms with Gasteiger partial charge in [0.15, 0.2) is 16.7 Å². The predicted octanol–water partition coefficient (Wildman–Crippen LogP) is 4.42. The van der Waals surface area contributed by atoms with Crippen molar-refractivity contribution in [2.75, 3.05) is 104 Å². The molecule has 1 amide bonds. The topological polar surface area (TPSA) is 325 Å². The maximum absolute atomic E-state index is 13.3. The van der Waals surface area contributed by atoms with Gasteiger partial charge in [-0.15, -0.1) is 0 Å². The number of nitrogens with zero attached hydrogens (tertiary/aromatic N) is 4. The Kier molecular flexibility index (Phi) is 26.3. The highest BCUT2D eigenvalue weighted by Gasteiger charge is 2.29. The van der Waals surface area contributed by atoms with Crippen LogP contribution in [-0.2, 0) is 41.6 Å². The average molecular weight is 1200 g/mol. The number of aliphatic carboxylic acids is 4. The molecule has 0 saturated carbocycles. The maximum Gasteiger partial charge on any atom is 0.326 e. The Hall–Kier alpha value is -7.29. The SMILES string of the molecule is CC(=O)CN1CCN(CC(=O)O)CCN(CC(=O)O)C(Cc2ccc(NC(=S)NCCOCCOc3cc(O)cc(C(=O)CC[C@H](NC(=O)c4c(Cl)cc(C(=O)CCc5cccc(O)c5)cc4Cl)C(=O)O)c3)cc2)CN(CC(=O)O)CC1. The highest BCUT2D eigenvalue weighted by Crippen LogP contribution is 2.29. The molecular weight excluding hydrogens is 1130 g/mol. The van der Waals surface area contributed by atoms with Crippen LogP contribution in [-0.4, -0.2) is 213 Å². The van der Waals surface area contributed by atoms with Crippen LogP contribution in [0.2, 0.25) is 10.0 Å². The Balaban J connectivity index is 1.07. The van der Waals surface area contributed by atoms with Crippen molar-refractivity contribution in [2.45, 2.75) is 51.1 Å². The number of Topliss-reactive ketones (excluding diaryl/α,β-unsaturated/α-hetero) is 3. The van der Waals surface area contributed by atoms with Crippen LogP contribution in [0.1, 0.15) is 68.4 Å². The van der Waals surface area contributed by atoms with Gasteiger partial charge in [-0.3, -0.25) is 53.2 Å². The van der Waals surface area contributed by atoms with E-state index in [-0.39, 0.29) is 152 Å². The molecule has 26 heteroatoms. The number of carbonyl (C=O) groups excluding carboxylic acids is 4. The molecule has 4 aromatic rings. The van der Waals surface area contributed by atoms with Crippen molar-refractivity contribution in [2.24, 2.45) is 0 Å². The summed E-state index contributed by atoms with van der Waals surface area (Å²) < 4.78 is 11.4. The van der Waals surface area contributed by atoms with Crippen LogP contribution in [0.25, 0.3) is 0 Å². The number of carboxylic acid groups (broad SMARTS) is 4. The lowest BCUT2D eigenvalue weighted by Crippen LogP contribution is -2.53. The van der Waals surface area contributed by atoms with Crippen molar-refractivity contribution in [3.63, 3.8) is 0 Å². The van der Waals surface area contributed by atoms with Gasteiger partial charge in [-0.2, -0.15) is 0 Å². The van der Waals surface area contributed by atoms with Crippen molar-refractivity contribution in [3.8, 4) is 17.2 Å². The number of aryl methyl sites for hydroxylation is 1. The number of phenolic OH excluding ortho intramolecular Hbond substituents is 2. The molecule has 1 unspecified atom stereocenters. The van der Waals surface area contributed by atoms with Crippen LogP contribution >= 0.6 is 35.4 Å². The number of ether oxygens (including phenoxy) is 2. The average Bonchev–Trinajstić information content (AvgIpc) is 3.61. The fourth-order valence-corrected chi connectivity index (χ4v) is 9.89. The monoisotopic (exact) mass is 1200 g/mol. The standard InChI is InChI=1S/C56H67Cl2N7O16S/c1-35(66)30-62-14-15-63(32-50(71)72)18-19-65(34-52(75)76)41(31-64(17-16-62)33-51(73)74)23-37-5-8-40(9-6-37)60-56(82)59-13-20-80-21-22-81-44-26-38(25-43(68)29-44)49(70)12-10-47(55(78)79)61-54(77)53-45(57)27-39(28-46(53)58)48(69)11-7-36-3-2-4-42(67)24-36/h2-6,8-9,24-29,41,47,67-68H,7,10-23,30-34H2,1H3,(H,61,77)(H,71,72)(H,73,74)(H,75,76)(H,78,79)(H2,59,60,82)/t41?,47-/m0/s1. The van der Waals surface area contributed by atoms with Crippen molar-refractivity contribution in [1.29, 1.82) is 0 Å². The quantitative estimate of drug-likeness (QED) is 0.0206. The van der Waals surface area contributed by atoms with E-state index in [0.717, 1.165) is 11.1 Å². The first-order valence-electron chi connectivity index (χ1n) is 26.1. The number of thiocarbonyl (C=S) groups is 1. The zero-order chi connectivity index (χ0) is 59.9. The first kappa shape index (κ1) is 65.5. The molecular formula is C56H67Cl2N7O16S. The molecule has 5 rings (SSSR count). The zero-order valence-electron chi connectivity index (χ0n) is 45.0. The zero-order valence-corrected chi connectivity index (χ0v) is 47.3. The molecule has 1 heterocycles. The summed E-state index contributed by atoms with van der Waals surface area (Å²) in [6.45, 7) is 3.10. The first-order chi connectivity index (χ1) is 39.0. The summed E-state index contributed by atoms with van der Waals surface area (Å²) in [4.78, 5) is 107. The van der Waals surface area contributed by atoms with E-state index in [2.05, 4.69) is 16.0 Å². The Bertz CT molecular complexity index is 2890. The number of anilines is 1. The van der Waals surface area contributed by atoms with E-state index in [1.807, 2.05) is 17.0 Å². The third-order valence-corrected chi connectivity index (χ3v) is 13.8. The highest BCUT2D eigenvalue weighted by atomic mass is 35.5.